The Bertz CT molecular complexity index is 845. The highest BCUT2D eigenvalue weighted by atomic mass is 16.2. The highest BCUT2D eigenvalue weighted by Gasteiger charge is 2.16. The number of pyridine rings is 1. The molecule has 0 spiro atoms. The summed E-state index contributed by atoms with van der Waals surface area (Å²) in [5, 5.41) is 10.3. The van der Waals surface area contributed by atoms with Crippen LogP contribution >= 0.6 is 0 Å². The van der Waals surface area contributed by atoms with Crippen LogP contribution in [0.1, 0.15) is 29.8 Å². The molecular weight excluding hydrogens is 326 g/mol. The van der Waals surface area contributed by atoms with Gasteiger partial charge in [-0.1, -0.05) is 36.4 Å². The Morgan fingerprint density at radius 1 is 1.15 bits per heavy atom. The third kappa shape index (κ3) is 4.27. The van der Waals surface area contributed by atoms with Gasteiger partial charge in [0.05, 0.1) is 12.2 Å². The molecule has 0 radical (unpaired) electrons. The van der Waals surface area contributed by atoms with Crippen LogP contribution in [-0.4, -0.2) is 27.3 Å². The van der Waals surface area contributed by atoms with Crippen molar-refractivity contribution in [3.8, 4) is 5.82 Å². The second-order valence-electron chi connectivity index (χ2n) is 6.14. The van der Waals surface area contributed by atoms with Gasteiger partial charge in [0.15, 0.2) is 5.82 Å². The topological polar surface area (TPSA) is 71.8 Å². The Balaban J connectivity index is 1.55. The van der Waals surface area contributed by atoms with E-state index in [1.54, 1.807) is 17.1 Å². The van der Waals surface area contributed by atoms with Gasteiger partial charge in [-0.25, -0.2) is 14.5 Å². The summed E-state index contributed by atoms with van der Waals surface area (Å²) in [6.45, 7) is 4.51. The van der Waals surface area contributed by atoms with E-state index in [4.69, 9.17) is 0 Å². The van der Waals surface area contributed by atoms with E-state index < -0.39 is 0 Å². The summed E-state index contributed by atoms with van der Waals surface area (Å²) in [7, 11) is 0. The Kier molecular flexibility index (Phi) is 5.63. The first-order chi connectivity index (χ1) is 12.6. The molecule has 0 aliphatic rings. The maximum atomic E-state index is 12.1. The second kappa shape index (κ2) is 8.29. The minimum absolute atomic E-state index is 0.149. The zero-order valence-electron chi connectivity index (χ0n) is 15.0. The summed E-state index contributed by atoms with van der Waals surface area (Å²) in [5.41, 5.74) is 3.13. The number of amides is 2. The Morgan fingerprint density at radius 3 is 2.65 bits per heavy atom. The van der Waals surface area contributed by atoms with Gasteiger partial charge in [-0.2, -0.15) is 5.10 Å². The fraction of sp³-hybridized carbons (Fsp3) is 0.250. The van der Waals surface area contributed by atoms with Crippen molar-refractivity contribution in [2.45, 2.75) is 26.3 Å². The maximum Gasteiger partial charge on any atom is 0.315 e. The van der Waals surface area contributed by atoms with Crippen LogP contribution in [0.4, 0.5) is 4.79 Å². The summed E-state index contributed by atoms with van der Waals surface area (Å²) in [6.07, 6.45) is 4.32. The number of carbonyl (C=O) groups excluding carboxylic acids is 1. The highest BCUT2D eigenvalue weighted by Crippen LogP contribution is 2.19. The van der Waals surface area contributed by atoms with Crippen LogP contribution in [0.5, 0.6) is 0 Å². The van der Waals surface area contributed by atoms with E-state index in [9.17, 15) is 4.79 Å². The number of aromatic nitrogens is 3. The maximum absolute atomic E-state index is 12.1. The minimum Gasteiger partial charge on any atom is -0.338 e. The number of carbonyl (C=O) groups is 1. The normalized spacial score (nSPS) is 11.8. The molecule has 0 aliphatic heterocycles. The van der Waals surface area contributed by atoms with Gasteiger partial charge in [-0.3, -0.25) is 0 Å². The van der Waals surface area contributed by atoms with E-state index in [0.29, 0.717) is 6.54 Å². The van der Waals surface area contributed by atoms with Crippen LogP contribution < -0.4 is 10.6 Å². The molecule has 3 rings (SSSR count). The van der Waals surface area contributed by atoms with Gasteiger partial charge >= 0.3 is 6.03 Å². The zero-order chi connectivity index (χ0) is 18.4. The lowest BCUT2D eigenvalue weighted by molar-refractivity contribution is 0.238. The van der Waals surface area contributed by atoms with Crippen molar-refractivity contribution >= 4 is 6.03 Å². The van der Waals surface area contributed by atoms with Crippen LogP contribution in [0.2, 0.25) is 0 Å². The molecule has 6 nitrogen and oxygen atoms in total. The number of hydrogen-bond donors (Lipinski definition) is 2. The number of urea groups is 1. The predicted octanol–water partition coefficient (Wildman–Crippen LogP) is 3.18. The van der Waals surface area contributed by atoms with Crippen molar-refractivity contribution < 1.29 is 4.79 Å². The number of hydrogen-bond acceptors (Lipinski definition) is 3. The first-order valence-corrected chi connectivity index (χ1v) is 8.69. The first-order valence-electron chi connectivity index (χ1n) is 8.69. The van der Waals surface area contributed by atoms with Gasteiger partial charge < -0.3 is 10.6 Å². The highest BCUT2D eigenvalue weighted by molar-refractivity contribution is 5.74. The van der Waals surface area contributed by atoms with Gasteiger partial charge in [-0.15, -0.1) is 0 Å². The summed E-state index contributed by atoms with van der Waals surface area (Å²) in [6, 6.07) is 15.5. The average molecular weight is 349 g/mol. The summed E-state index contributed by atoms with van der Waals surface area (Å²) >= 11 is 0. The number of rotatable bonds is 6. The van der Waals surface area contributed by atoms with Crippen molar-refractivity contribution in [1.82, 2.24) is 25.4 Å². The monoisotopic (exact) mass is 349 g/mol. The molecule has 0 aliphatic carbocycles. The van der Waals surface area contributed by atoms with Crippen molar-refractivity contribution in [1.29, 1.82) is 0 Å². The van der Waals surface area contributed by atoms with Gasteiger partial charge in [0.2, 0.25) is 0 Å². The molecular formula is C20H23N5O. The van der Waals surface area contributed by atoms with Crippen LogP contribution in [0.3, 0.4) is 0 Å². The largest absolute Gasteiger partial charge is 0.338 e. The third-order valence-electron chi connectivity index (χ3n) is 4.27. The SMILES string of the molecule is Cc1c([C@@H](C)NC(=O)NCCc2ccccc2)cnn1-c1ccccn1. The van der Waals surface area contributed by atoms with Crippen LogP contribution in [0.15, 0.2) is 60.9 Å². The lowest BCUT2D eigenvalue weighted by Crippen LogP contribution is -2.38. The second-order valence-corrected chi connectivity index (χ2v) is 6.14. The molecule has 1 aromatic carbocycles. The fourth-order valence-corrected chi connectivity index (χ4v) is 2.85. The molecule has 0 bridgehead atoms. The number of benzene rings is 1. The quantitative estimate of drug-likeness (QED) is 0.718. The average Bonchev–Trinajstić information content (AvgIpc) is 3.05. The Labute approximate surface area is 153 Å². The van der Waals surface area contributed by atoms with Gasteiger partial charge in [-0.05, 0) is 38.0 Å². The molecule has 3 aromatic rings. The van der Waals surface area contributed by atoms with E-state index in [1.165, 1.54) is 5.56 Å². The van der Waals surface area contributed by atoms with Gasteiger partial charge in [0.1, 0.15) is 0 Å². The standard InChI is InChI=1S/C20H23N5O/c1-15(24-20(26)22-13-11-17-8-4-3-5-9-17)18-14-23-25(16(18)2)19-10-6-7-12-21-19/h3-10,12,14-15H,11,13H2,1-2H3,(H2,22,24,26)/t15-/m1/s1. The van der Waals surface area contributed by atoms with Crippen LogP contribution in [0.25, 0.3) is 5.82 Å². The minimum atomic E-state index is -0.182. The first kappa shape index (κ1) is 17.7. The Morgan fingerprint density at radius 2 is 1.92 bits per heavy atom. The predicted molar refractivity (Wildman–Crippen MR) is 101 cm³/mol. The van der Waals surface area contributed by atoms with E-state index in [1.807, 2.05) is 50.2 Å². The van der Waals surface area contributed by atoms with E-state index in [0.717, 1.165) is 23.5 Å². The Hall–Kier alpha value is -3.15. The molecule has 2 N–H and O–H groups in total. The number of nitrogens with zero attached hydrogens (tertiary/aromatic N) is 3. The molecule has 134 valence electrons. The fourth-order valence-electron chi connectivity index (χ4n) is 2.85. The molecule has 6 heteroatoms. The van der Waals surface area contributed by atoms with E-state index in [2.05, 4.69) is 32.8 Å². The van der Waals surface area contributed by atoms with E-state index >= 15 is 0 Å². The molecule has 2 heterocycles. The van der Waals surface area contributed by atoms with E-state index in [-0.39, 0.29) is 12.1 Å². The lowest BCUT2D eigenvalue weighted by Gasteiger charge is -2.15. The smallest absolute Gasteiger partial charge is 0.315 e. The molecule has 0 saturated heterocycles. The molecule has 0 unspecified atom stereocenters. The summed E-state index contributed by atoms with van der Waals surface area (Å²) in [4.78, 5) is 16.5. The van der Waals surface area contributed by atoms with Gasteiger partial charge in [0.25, 0.3) is 0 Å². The molecule has 0 fully saturated rings. The third-order valence-corrected chi connectivity index (χ3v) is 4.27. The molecule has 2 aromatic heterocycles. The van der Waals surface area contributed by atoms with Crippen molar-refractivity contribution in [3.63, 3.8) is 0 Å². The van der Waals surface area contributed by atoms with Crippen LogP contribution in [-0.2, 0) is 6.42 Å². The van der Waals surface area contributed by atoms with Crippen molar-refractivity contribution in [3.05, 3.63) is 77.7 Å². The van der Waals surface area contributed by atoms with Crippen LogP contribution in [0, 0.1) is 6.92 Å². The van der Waals surface area contributed by atoms with Crippen molar-refractivity contribution in [2.24, 2.45) is 0 Å². The summed E-state index contributed by atoms with van der Waals surface area (Å²) < 4.78 is 1.78. The van der Waals surface area contributed by atoms with Gasteiger partial charge in [0, 0.05) is 24.0 Å². The van der Waals surface area contributed by atoms with Crippen molar-refractivity contribution in [2.75, 3.05) is 6.54 Å². The lowest BCUT2D eigenvalue weighted by atomic mass is 10.1. The molecule has 0 saturated carbocycles. The molecule has 2 amide bonds. The number of nitrogens with one attached hydrogen (secondary N) is 2. The summed E-state index contributed by atoms with van der Waals surface area (Å²) in [5.74, 6) is 0.760. The molecule has 26 heavy (non-hydrogen) atoms. The zero-order valence-corrected chi connectivity index (χ0v) is 15.0. The molecule has 1 atom stereocenters.